The van der Waals surface area contributed by atoms with Crippen molar-refractivity contribution >= 4 is 5.91 Å². The van der Waals surface area contributed by atoms with E-state index in [-0.39, 0.29) is 23.3 Å². The first-order valence-corrected chi connectivity index (χ1v) is 9.42. The number of hydrogen-bond donors (Lipinski definition) is 0. The number of rotatable bonds is 3. The van der Waals surface area contributed by atoms with E-state index in [4.69, 9.17) is 0 Å². The number of nitrogens with zero attached hydrogens (tertiary/aromatic N) is 5. The Hall–Kier alpha value is -2.24. The fourth-order valence-corrected chi connectivity index (χ4v) is 3.49. The third-order valence-electron chi connectivity index (χ3n) is 4.86. The maximum atomic E-state index is 12.6. The molecule has 0 unspecified atom stereocenters. The Morgan fingerprint density at radius 1 is 1.23 bits per heavy atom. The lowest BCUT2D eigenvalue weighted by Gasteiger charge is -2.36. The van der Waals surface area contributed by atoms with Gasteiger partial charge >= 0.3 is 0 Å². The van der Waals surface area contributed by atoms with E-state index in [2.05, 4.69) is 28.9 Å². The van der Waals surface area contributed by atoms with Gasteiger partial charge < -0.3 is 4.90 Å². The fourth-order valence-electron chi connectivity index (χ4n) is 3.49. The standard InChI is InChI=1S/C20H29N5O/c1-14(2)25-18(8-9-23-25)17-12-21-16(11-22-17)15-7-6-10-24(13-15)19(26)20(3,4)5/h8-9,11-12,14-15H,6-7,10,13H2,1-5H3/t15-/m0/s1. The molecule has 1 aliphatic rings. The highest BCUT2D eigenvalue weighted by atomic mass is 16.2. The Balaban J connectivity index is 1.76. The van der Waals surface area contributed by atoms with Gasteiger partial charge in [0.05, 0.1) is 17.6 Å². The molecule has 0 aromatic carbocycles. The number of amides is 1. The number of piperidine rings is 1. The van der Waals surface area contributed by atoms with Crippen LogP contribution in [0.15, 0.2) is 24.7 Å². The van der Waals surface area contributed by atoms with E-state index in [9.17, 15) is 4.79 Å². The lowest BCUT2D eigenvalue weighted by atomic mass is 9.90. The van der Waals surface area contributed by atoms with Crippen LogP contribution in [-0.4, -0.2) is 43.6 Å². The molecule has 2 aromatic heterocycles. The molecule has 1 fully saturated rings. The Bertz CT molecular complexity index is 757. The van der Waals surface area contributed by atoms with E-state index in [1.165, 1.54) is 0 Å². The molecule has 0 bridgehead atoms. The molecule has 1 atom stereocenters. The summed E-state index contributed by atoms with van der Waals surface area (Å²) in [5, 5.41) is 4.36. The van der Waals surface area contributed by atoms with Crippen molar-refractivity contribution in [2.45, 2.75) is 59.4 Å². The van der Waals surface area contributed by atoms with Crippen LogP contribution in [0, 0.1) is 5.41 Å². The third kappa shape index (κ3) is 3.79. The van der Waals surface area contributed by atoms with Gasteiger partial charge in [0.15, 0.2) is 0 Å². The minimum absolute atomic E-state index is 0.215. The summed E-state index contributed by atoms with van der Waals surface area (Å²) in [6, 6.07) is 2.24. The van der Waals surface area contributed by atoms with Gasteiger partial charge in [0.1, 0.15) is 5.69 Å². The van der Waals surface area contributed by atoms with E-state index < -0.39 is 0 Å². The molecule has 1 amide bonds. The van der Waals surface area contributed by atoms with Crippen molar-refractivity contribution in [1.82, 2.24) is 24.6 Å². The van der Waals surface area contributed by atoms with E-state index >= 15 is 0 Å². The monoisotopic (exact) mass is 355 g/mol. The van der Waals surface area contributed by atoms with Gasteiger partial charge in [-0.3, -0.25) is 19.4 Å². The molecule has 6 nitrogen and oxygen atoms in total. The molecule has 1 aliphatic heterocycles. The zero-order chi connectivity index (χ0) is 18.9. The second-order valence-electron chi connectivity index (χ2n) is 8.42. The summed E-state index contributed by atoms with van der Waals surface area (Å²) in [6.45, 7) is 11.7. The molecule has 0 radical (unpaired) electrons. The van der Waals surface area contributed by atoms with E-state index in [0.717, 1.165) is 43.0 Å². The number of likely N-dealkylation sites (tertiary alicyclic amines) is 1. The van der Waals surface area contributed by atoms with Crippen LogP contribution in [0.4, 0.5) is 0 Å². The van der Waals surface area contributed by atoms with Crippen LogP contribution in [-0.2, 0) is 4.79 Å². The molecular formula is C20H29N5O. The van der Waals surface area contributed by atoms with Crippen LogP contribution in [0.3, 0.4) is 0 Å². The maximum absolute atomic E-state index is 12.6. The largest absolute Gasteiger partial charge is 0.342 e. The Kier molecular flexibility index (Phi) is 5.12. The topological polar surface area (TPSA) is 63.9 Å². The minimum atomic E-state index is -0.341. The molecule has 2 aromatic rings. The molecule has 3 rings (SSSR count). The van der Waals surface area contributed by atoms with Crippen molar-refractivity contribution in [3.8, 4) is 11.4 Å². The predicted octanol–water partition coefficient (Wildman–Crippen LogP) is 3.67. The van der Waals surface area contributed by atoms with E-state index in [0.29, 0.717) is 0 Å². The van der Waals surface area contributed by atoms with Gasteiger partial charge in [-0.15, -0.1) is 0 Å². The fraction of sp³-hybridized carbons (Fsp3) is 0.600. The summed E-state index contributed by atoms with van der Waals surface area (Å²) < 4.78 is 1.95. The normalized spacial score (nSPS) is 18.4. The Labute approximate surface area is 155 Å². The summed E-state index contributed by atoms with van der Waals surface area (Å²) in [5.74, 6) is 0.472. The molecule has 0 N–H and O–H groups in total. The minimum Gasteiger partial charge on any atom is -0.342 e. The van der Waals surface area contributed by atoms with Gasteiger partial charge in [-0.1, -0.05) is 20.8 Å². The van der Waals surface area contributed by atoms with Gasteiger partial charge in [0.2, 0.25) is 5.91 Å². The first-order chi connectivity index (χ1) is 12.3. The van der Waals surface area contributed by atoms with E-state index in [1.54, 1.807) is 6.20 Å². The van der Waals surface area contributed by atoms with Crippen molar-refractivity contribution in [3.63, 3.8) is 0 Å². The van der Waals surface area contributed by atoms with Crippen LogP contribution < -0.4 is 0 Å². The van der Waals surface area contributed by atoms with Crippen LogP contribution in [0.1, 0.15) is 65.1 Å². The molecule has 3 heterocycles. The number of aromatic nitrogens is 4. The average molecular weight is 355 g/mol. The zero-order valence-electron chi connectivity index (χ0n) is 16.4. The van der Waals surface area contributed by atoms with Crippen molar-refractivity contribution in [1.29, 1.82) is 0 Å². The van der Waals surface area contributed by atoms with Gasteiger partial charge in [-0.2, -0.15) is 5.10 Å². The second kappa shape index (κ2) is 7.17. The van der Waals surface area contributed by atoms with Crippen LogP contribution in [0.25, 0.3) is 11.4 Å². The summed E-state index contributed by atoms with van der Waals surface area (Å²) in [6.07, 6.45) is 7.54. The average Bonchev–Trinajstić information content (AvgIpc) is 3.10. The van der Waals surface area contributed by atoms with Gasteiger partial charge in [0.25, 0.3) is 0 Å². The SMILES string of the molecule is CC(C)n1nccc1-c1cnc([C@H]2CCCN(C(=O)C(C)(C)C)C2)cn1. The van der Waals surface area contributed by atoms with Gasteiger partial charge in [-0.25, -0.2) is 0 Å². The van der Waals surface area contributed by atoms with Crippen LogP contribution in [0.5, 0.6) is 0 Å². The summed E-state index contributed by atoms with van der Waals surface area (Å²) >= 11 is 0. The van der Waals surface area contributed by atoms with Crippen LogP contribution in [0.2, 0.25) is 0 Å². The zero-order valence-corrected chi connectivity index (χ0v) is 16.4. The van der Waals surface area contributed by atoms with Gasteiger partial charge in [0, 0.05) is 42.9 Å². The van der Waals surface area contributed by atoms with Crippen molar-refractivity contribution in [2.24, 2.45) is 5.41 Å². The lowest BCUT2D eigenvalue weighted by molar-refractivity contribution is -0.140. The molecule has 0 spiro atoms. The van der Waals surface area contributed by atoms with Crippen molar-refractivity contribution in [2.75, 3.05) is 13.1 Å². The Morgan fingerprint density at radius 3 is 2.62 bits per heavy atom. The second-order valence-corrected chi connectivity index (χ2v) is 8.42. The first-order valence-electron chi connectivity index (χ1n) is 9.42. The molecule has 6 heteroatoms. The first kappa shape index (κ1) is 18.5. The Morgan fingerprint density at radius 2 is 2.00 bits per heavy atom. The molecule has 1 saturated heterocycles. The van der Waals surface area contributed by atoms with Crippen LogP contribution >= 0.6 is 0 Å². The predicted molar refractivity (Wildman–Crippen MR) is 102 cm³/mol. The smallest absolute Gasteiger partial charge is 0.227 e. The van der Waals surface area contributed by atoms with Crippen molar-refractivity contribution < 1.29 is 4.79 Å². The molecular weight excluding hydrogens is 326 g/mol. The van der Waals surface area contributed by atoms with Crippen molar-refractivity contribution in [3.05, 3.63) is 30.4 Å². The highest BCUT2D eigenvalue weighted by Crippen LogP contribution is 2.29. The highest BCUT2D eigenvalue weighted by molar-refractivity contribution is 5.81. The maximum Gasteiger partial charge on any atom is 0.227 e. The summed E-state index contributed by atoms with van der Waals surface area (Å²) in [5.41, 5.74) is 2.44. The molecule has 140 valence electrons. The summed E-state index contributed by atoms with van der Waals surface area (Å²) in [7, 11) is 0. The van der Waals surface area contributed by atoms with E-state index in [1.807, 2.05) is 48.8 Å². The van der Waals surface area contributed by atoms with Gasteiger partial charge in [-0.05, 0) is 32.8 Å². The molecule has 0 saturated carbocycles. The number of hydrogen-bond acceptors (Lipinski definition) is 4. The lowest BCUT2D eigenvalue weighted by Crippen LogP contribution is -2.44. The number of carbonyl (C=O) groups excluding carboxylic acids is 1. The summed E-state index contributed by atoms with van der Waals surface area (Å²) in [4.78, 5) is 23.9. The quantitative estimate of drug-likeness (QED) is 0.842. The highest BCUT2D eigenvalue weighted by Gasteiger charge is 2.32. The molecule has 0 aliphatic carbocycles. The molecule has 26 heavy (non-hydrogen) atoms. The third-order valence-corrected chi connectivity index (χ3v) is 4.86. The number of carbonyl (C=O) groups is 1.